The van der Waals surface area contributed by atoms with E-state index in [0.717, 1.165) is 70.6 Å². The van der Waals surface area contributed by atoms with Crippen LogP contribution in [0.5, 0.6) is 0 Å². The molecule has 0 spiro atoms. The van der Waals surface area contributed by atoms with Gasteiger partial charge in [0.05, 0.1) is 0 Å². The molecule has 6 heteroatoms. The van der Waals surface area contributed by atoms with Crippen LogP contribution in [0.4, 0.5) is 0 Å². The maximum absolute atomic E-state index is 12.9. The summed E-state index contributed by atoms with van der Waals surface area (Å²) in [5.74, 6) is -0.854. The maximum Gasteiger partial charge on any atom is 0.306 e. The van der Waals surface area contributed by atoms with Gasteiger partial charge in [-0.1, -0.05) is 308 Å². The van der Waals surface area contributed by atoms with Crippen LogP contribution in [-0.4, -0.2) is 37.2 Å². The molecule has 0 amide bonds. The summed E-state index contributed by atoms with van der Waals surface area (Å²) in [6, 6.07) is 0. The molecule has 0 aromatic carbocycles. The quantitative estimate of drug-likeness (QED) is 0.0261. The Labute approximate surface area is 467 Å². The predicted molar refractivity (Wildman–Crippen MR) is 326 cm³/mol. The summed E-state index contributed by atoms with van der Waals surface area (Å²) in [4.78, 5) is 38.3. The Hall–Kier alpha value is -2.37. The highest BCUT2D eigenvalue weighted by molar-refractivity contribution is 5.71. The molecule has 440 valence electrons. The summed E-state index contributed by atoms with van der Waals surface area (Å²) in [6.07, 6.45) is 78.8. The standard InChI is InChI=1S/C69H128O6/c1-4-7-10-13-16-19-22-25-28-29-30-31-32-33-34-35-36-37-38-39-40-41-42-45-47-50-53-56-59-62-68(71)74-65-66(75-69(72)63-60-57-54-51-48-44-27-24-21-18-15-12-9-6-3)64-73-67(70)61-58-55-52-49-46-43-26-23-20-17-14-11-8-5-2/h22,24-25,27,29-30,66H,4-21,23,26,28,31-65H2,1-3H3/b25-22-,27-24-,30-29-. The molecule has 75 heavy (non-hydrogen) atoms. The van der Waals surface area contributed by atoms with Gasteiger partial charge in [-0.25, -0.2) is 0 Å². The number of allylic oxidation sites excluding steroid dienone is 6. The Kier molecular flexibility index (Phi) is 62.1. The van der Waals surface area contributed by atoms with Gasteiger partial charge in [0.15, 0.2) is 6.10 Å². The van der Waals surface area contributed by atoms with Crippen LogP contribution in [0, 0.1) is 0 Å². The van der Waals surface area contributed by atoms with Crippen LogP contribution < -0.4 is 0 Å². The molecule has 0 aromatic heterocycles. The van der Waals surface area contributed by atoms with Crippen LogP contribution in [0.15, 0.2) is 36.5 Å². The second kappa shape index (κ2) is 64.2. The van der Waals surface area contributed by atoms with Crippen LogP contribution in [0.3, 0.4) is 0 Å². The van der Waals surface area contributed by atoms with Gasteiger partial charge in [0.2, 0.25) is 0 Å². The molecule has 0 radical (unpaired) electrons. The summed E-state index contributed by atoms with van der Waals surface area (Å²) < 4.78 is 16.9. The SMILES string of the molecule is CCCCCCC/C=C\C/C=C\CCCCCCCCCCCCCCCCCCCC(=O)OCC(COC(=O)CCCCCCCCCCCCCCCC)OC(=O)CCCCCCC/C=C\CCCCCCC. The molecular formula is C69H128O6. The second-order valence-corrected chi connectivity index (χ2v) is 22.7. The van der Waals surface area contributed by atoms with Crippen molar-refractivity contribution in [2.45, 2.75) is 374 Å². The lowest BCUT2D eigenvalue weighted by Crippen LogP contribution is -2.30. The molecule has 0 aromatic rings. The molecule has 0 saturated heterocycles. The summed E-state index contributed by atoms with van der Waals surface area (Å²) in [5.41, 5.74) is 0. The van der Waals surface area contributed by atoms with E-state index in [1.54, 1.807) is 0 Å². The minimum atomic E-state index is -0.773. The number of unbranched alkanes of at least 4 members (excludes halogenated alkanes) is 45. The molecule has 1 unspecified atom stereocenters. The summed E-state index contributed by atoms with van der Waals surface area (Å²) in [5, 5.41) is 0. The third-order valence-corrected chi connectivity index (χ3v) is 15.1. The van der Waals surface area contributed by atoms with Crippen molar-refractivity contribution in [3.05, 3.63) is 36.5 Å². The molecule has 0 N–H and O–H groups in total. The zero-order chi connectivity index (χ0) is 54.3. The van der Waals surface area contributed by atoms with Crippen molar-refractivity contribution in [2.75, 3.05) is 13.2 Å². The average Bonchev–Trinajstić information content (AvgIpc) is 3.41. The fraction of sp³-hybridized carbons (Fsp3) is 0.870. The van der Waals surface area contributed by atoms with Crippen molar-refractivity contribution in [1.29, 1.82) is 0 Å². The smallest absolute Gasteiger partial charge is 0.306 e. The number of carbonyl (C=O) groups is 3. The summed E-state index contributed by atoms with van der Waals surface area (Å²) in [6.45, 7) is 6.67. The van der Waals surface area contributed by atoms with E-state index in [4.69, 9.17) is 14.2 Å². The lowest BCUT2D eigenvalue weighted by atomic mass is 10.0. The third-order valence-electron chi connectivity index (χ3n) is 15.1. The fourth-order valence-electron chi connectivity index (χ4n) is 10.1. The monoisotopic (exact) mass is 1050 g/mol. The zero-order valence-corrected chi connectivity index (χ0v) is 50.6. The van der Waals surface area contributed by atoms with Crippen LogP contribution >= 0.6 is 0 Å². The highest BCUT2D eigenvalue weighted by Crippen LogP contribution is 2.18. The van der Waals surface area contributed by atoms with Gasteiger partial charge in [0.25, 0.3) is 0 Å². The van der Waals surface area contributed by atoms with Crippen molar-refractivity contribution < 1.29 is 28.6 Å². The first-order valence-corrected chi connectivity index (χ1v) is 33.5. The molecule has 0 aliphatic carbocycles. The molecule has 0 rings (SSSR count). The van der Waals surface area contributed by atoms with Crippen LogP contribution in [0.25, 0.3) is 0 Å². The van der Waals surface area contributed by atoms with Gasteiger partial charge in [-0.2, -0.15) is 0 Å². The first kappa shape index (κ1) is 72.6. The summed E-state index contributed by atoms with van der Waals surface area (Å²) in [7, 11) is 0. The molecule has 1 atom stereocenters. The van der Waals surface area contributed by atoms with E-state index in [0.29, 0.717) is 19.3 Å². The molecule has 0 heterocycles. The highest BCUT2D eigenvalue weighted by Gasteiger charge is 2.19. The molecule has 0 aliphatic heterocycles. The number of hydrogen-bond donors (Lipinski definition) is 0. The maximum atomic E-state index is 12.9. The van der Waals surface area contributed by atoms with E-state index in [1.807, 2.05) is 0 Å². The molecule has 0 bridgehead atoms. The Bertz CT molecular complexity index is 1250. The van der Waals surface area contributed by atoms with Gasteiger partial charge in [-0.15, -0.1) is 0 Å². The molecule has 0 fully saturated rings. The molecule has 0 aliphatic rings. The highest BCUT2D eigenvalue weighted by atomic mass is 16.6. The molecule has 0 saturated carbocycles. The number of rotatable bonds is 62. The van der Waals surface area contributed by atoms with Gasteiger partial charge < -0.3 is 14.2 Å². The lowest BCUT2D eigenvalue weighted by molar-refractivity contribution is -0.167. The Balaban J connectivity index is 4.16. The van der Waals surface area contributed by atoms with Crippen LogP contribution in [0.1, 0.15) is 367 Å². The lowest BCUT2D eigenvalue weighted by Gasteiger charge is -2.18. The van der Waals surface area contributed by atoms with Crippen molar-refractivity contribution in [1.82, 2.24) is 0 Å². The third kappa shape index (κ3) is 62.4. The Morgan fingerprint density at radius 3 is 0.747 bits per heavy atom. The van der Waals surface area contributed by atoms with Gasteiger partial charge in [-0.05, 0) is 77.0 Å². The first-order valence-electron chi connectivity index (χ1n) is 33.5. The van der Waals surface area contributed by atoms with Gasteiger partial charge in [0, 0.05) is 19.3 Å². The minimum Gasteiger partial charge on any atom is -0.462 e. The minimum absolute atomic E-state index is 0.0699. The second-order valence-electron chi connectivity index (χ2n) is 22.7. The van der Waals surface area contributed by atoms with E-state index in [9.17, 15) is 14.4 Å². The van der Waals surface area contributed by atoms with Crippen molar-refractivity contribution >= 4 is 17.9 Å². The van der Waals surface area contributed by atoms with E-state index in [2.05, 4.69) is 57.2 Å². The van der Waals surface area contributed by atoms with E-state index in [1.165, 1.54) is 257 Å². The topological polar surface area (TPSA) is 78.9 Å². The van der Waals surface area contributed by atoms with Crippen LogP contribution in [0.2, 0.25) is 0 Å². The number of carbonyl (C=O) groups excluding carboxylic acids is 3. The van der Waals surface area contributed by atoms with Crippen LogP contribution in [-0.2, 0) is 28.6 Å². The van der Waals surface area contributed by atoms with E-state index < -0.39 is 6.10 Å². The van der Waals surface area contributed by atoms with Crippen molar-refractivity contribution in [3.63, 3.8) is 0 Å². The number of ether oxygens (including phenoxy) is 3. The fourth-order valence-corrected chi connectivity index (χ4v) is 10.1. The van der Waals surface area contributed by atoms with E-state index >= 15 is 0 Å². The molecular weight excluding hydrogens is 925 g/mol. The first-order chi connectivity index (χ1) is 37.0. The zero-order valence-electron chi connectivity index (χ0n) is 50.6. The number of hydrogen-bond acceptors (Lipinski definition) is 6. The largest absolute Gasteiger partial charge is 0.462 e. The van der Waals surface area contributed by atoms with Crippen molar-refractivity contribution in [2.24, 2.45) is 0 Å². The van der Waals surface area contributed by atoms with Crippen molar-refractivity contribution in [3.8, 4) is 0 Å². The Morgan fingerprint density at radius 2 is 0.480 bits per heavy atom. The van der Waals surface area contributed by atoms with E-state index in [-0.39, 0.29) is 31.1 Å². The predicted octanol–water partition coefficient (Wildman–Crippen LogP) is 22.8. The van der Waals surface area contributed by atoms with Gasteiger partial charge in [-0.3, -0.25) is 14.4 Å². The Morgan fingerprint density at radius 1 is 0.267 bits per heavy atom. The van der Waals surface area contributed by atoms with Gasteiger partial charge in [0.1, 0.15) is 13.2 Å². The van der Waals surface area contributed by atoms with Gasteiger partial charge >= 0.3 is 17.9 Å². The average molecular weight is 1050 g/mol. The number of esters is 3. The molecule has 6 nitrogen and oxygen atoms in total. The normalized spacial score (nSPS) is 12.2. The summed E-state index contributed by atoms with van der Waals surface area (Å²) >= 11 is 0.